The third kappa shape index (κ3) is 4.09. The molecule has 0 radical (unpaired) electrons. The van der Waals surface area contributed by atoms with Crippen molar-refractivity contribution in [3.05, 3.63) is 28.8 Å². The second kappa shape index (κ2) is 8.13. The first-order chi connectivity index (χ1) is 13.9. The maximum atomic E-state index is 13.5. The van der Waals surface area contributed by atoms with E-state index in [2.05, 4.69) is 4.90 Å². The Morgan fingerprint density at radius 1 is 1.07 bits per heavy atom. The van der Waals surface area contributed by atoms with Crippen LogP contribution in [0, 0.1) is 32.1 Å². The summed E-state index contributed by atoms with van der Waals surface area (Å²) in [7, 11) is 4.05. The van der Waals surface area contributed by atoms with E-state index in [0.29, 0.717) is 31.1 Å². The number of likely N-dealkylation sites (tertiary alicyclic amines) is 1. The number of amides is 2. The normalized spacial score (nSPS) is 24.9. The fourth-order valence-electron chi connectivity index (χ4n) is 5.14. The van der Waals surface area contributed by atoms with Crippen LogP contribution >= 0.6 is 0 Å². The minimum absolute atomic E-state index is 0.00180. The van der Waals surface area contributed by atoms with Crippen molar-refractivity contribution in [3.63, 3.8) is 0 Å². The van der Waals surface area contributed by atoms with Crippen molar-refractivity contribution in [1.29, 1.82) is 0 Å². The van der Waals surface area contributed by atoms with E-state index in [0.717, 1.165) is 29.7 Å². The highest BCUT2D eigenvalue weighted by molar-refractivity contribution is 7.89. The summed E-state index contributed by atoms with van der Waals surface area (Å²) in [6, 6.07) is 3.76. The van der Waals surface area contributed by atoms with E-state index in [1.54, 1.807) is 29.4 Å². The molecule has 7 nitrogen and oxygen atoms in total. The molecule has 2 saturated heterocycles. The number of urea groups is 1. The Hall–Kier alpha value is -1.64. The zero-order valence-electron chi connectivity index (χ0n) is 19.4. The van der Waals surface area contributed by atoms with Crippen LogP contribution in [-0.2, 0) is 10.0 Å². The van der Waals surface area contributed by atoms with Crippen molar-refractivity contribution in [2.45, 2.75) is 32.1 Å². The van der Waals surface area contributed by atoms with Gasteiger partial charge in [0.15, 0.2) is 0 Å². The number of hydrogen-bond acceptors (Lipinski definition) is 4. The van der Waals surface area contributed by atoms with Gasteiger partial charge in [-0.1, -0.05) is 6.07 Å². The molecule has 1 aromatic rings. The van der Waals surface area contributed by atoms with Crippen molar-refractivity contribution in [2.24, 2.45) is 11.3 Å². The number of benzene rings is 1. The van der Waals surface area contributed by atoms with Crippen molar-refractivity contribution < 1.29 is 13.2 Å². The number of carbonyl (C=O) groups excluding carboxylic acids is 1. The molecular weight excluding hydrogens is 400 g/mol. The minimum atomic E-state index is -3.57. The van der Waals surface area contributed by atoms with Crippen molar-refractivity contribution >= 4 is 16.1 Å². The van der Waals surface area contributed by atoms with Crippen LogP contribution in [0.4, 0.5) is 4.79 Å². The highest BCUT2D eigenvalue weighted by atomic mass is 32.2. The van der Waals surface area contributed by atoms with E-state index in [4.69, 9.17) is 0 Å². The standard InChI is InChI=1S/C22H36N4O3S/c1-16-10-18(3)20(11-17(16)2)30(28,29)26-9-8-22(14-23(4)5)15-25(12-19(22)13-26)21(27)24(6)7/h10-11,19H,8-9,12-15H2,1-7H3/t19-,22+/m1/s1. The number of nitrogens with zero attached hydrogens (tertiary/aromatic N) is 4. The monoisotopic (exact) mass is 436 g/mol. The van der Waals surface area contributed by atoms with Gasteiger partial charge in [-0.25, -0.2) is 13.2 Å². The van der Waals surface area contributed by atoms with Crippen LogP contribution in [0.3, 0.4) is 0 Å². The molecule has 8 heteroatoms. The summed E-state index contributed by atoms with van der Waals surface area (Å²) in [5.41, 5.74) is 2.81. The Bertz CT molecular complexity index is 929. The van der Waals surface area contributed by atoms with E-state index in [1.807, 2.05) is 45.8 Å². The van der Waals surface area contributed by atoms with Gasteiger partial charge in [0, 0.05) is 52.2 Å². The summed E-state index contributed by atoms with van der Waals surface area (Å²) in [5, 5.41) is 0. The van der Waals surface area contributed by atoms with Crippen LogP contribution in [0.15, 0.2) is 17.0 Å². The number of carbonyl (C=O) groups is 1. The molecule has 0 aromatic heterocycles. The predicted octanol–water partition coefficient (Wildman–Crippen LogP) is 2.17. The summed E-state index contributed by atoms with van der Waals surface area (Å²) in [6.45, 7) is 8.91. The smallest absolute Gasteiger partial charge is 0.319 e. The highest BCUT2D eigenvalue weighted by Gasteiger charge is 2.52. The van der Waals surface area contributed by atoms with Gasteiger partial charge in [-0.3, -0.25) is 0 Å². The summed E-state index contributed by atoms with van der Waals surface area (Å²) in [5.74, 6) is 0.124. The van der Waals surface area contributed by atoms with E-state index in [1.165, 1.54) is 0 Å². The first kappa shape index (κ1) is 23.0. The lowest BCUT2D eigenvalue weighted by Gasteiger charge is -2.44. The van der Waals surface area contributed by atoms with Gasteiger partial charge in [0.2, 0.25) is 10.0 Å². The molecule has 2 atom stereocenters. The van der Waals surface area contributed by atoms with Crippen LogP contribution in [0.25, 0.3) is 0 Å². The van der Waals surface area contributed by atoms with Crippen molar-refractivity contribution in [2.75, 3.05) is 60.9 Å². The molecule has 1 aromatic carbocycles. The van der Waals surface area contributed by atoms with Gasteiger partial charge < -0.3 is 14.7 Å². The molecule has 0 aliphatic carbocycles. The zero-order chi connectivity index (χ0) is 22.4. The molecule has 168 valence electrons. The van der Waals surface area contributed by atoms with Crippen LogP contribution in [-0.4, -0.2) is 94.4 Å². The average Bonchev–Trinajstić information content (AvgIpc) is 3.01. The minimum Gasteiger partial charge on any atom is -0.331 e. The van der Waals surface area contributed by atoms with E-state index >= 15 is 0 Å². The summed E-state index contributed by atoms with van der Waals surface area (Å²) < 4.78 is 28.7. The van der Waals surface area contributed by atoms with Crippen LogP contribution in [0.5, 0.6) is 0 Å². The number of hydrogen-bond donors (Lipinski definition) is 0. The molecule has 30 heavy (non-hydrogen) atoms. The van der Waals surface area contributed by atoms with E-state index < -0.39 is 10.0 Å². The Balaban J connectivity index is 1.90. The summed E-state index contributed by atoms with van der Waals surface area (Å²) >= 11 is 0. The van der Waals surface area contributed by atoms with Gasteiger partial charge in [-0.05, 0) is 70.0 Å². The van der Waals surface area contributed by atoms with Crippen LogP contribution < -0.4 is 0 Å². The summed E-state index contributed by atoms with van der Waals surface area (Å²) in [4.78, 5) is 18.7. The third-order valence-corrected chi connectivity index (χ3v) is 8.80. The van der Waals surface area contributed by atoms with Gasteiger partial charge in [-0.15, -0.1) is 0 Å². The number of piperidine rings is 1. The first-order valence-electron chi connectivity index (χ1n) is 10.6. The fraction of sp³-hybridized carbons (Fsp3) is 0.682. The lowest BCUT2D eigenvalue weighted by atomic mass is 9.73. The molecular formula is C22H36N4O3S. The molecule has 0 bridgehead atoms. The molecule has 3 rings (SSSR count). The van der Waals surface area contributed by atoms with Crippen LogP contribution in [0.2, 0.25) is 0 Å². The quantitative estimate of drug-likeness (QED) is 0.726. The highest BCUT2D eigenvalue weighted by Crippen LogP contribution is 2.44. The summed E-state index contributed by atoms with van der Waals surface area (Å²) in [6.07, 6.45) is 0.760. The third-order valence-electron chi connectivity index (χ3n) is 6.79. The second-order valence-corrected chi connectivity index (χ2v) is 11.6. The molecule has 2 amide bonds. The van der Waals surface area contributed by atoms with E-state index in [9.17, 15) is 13.2 Å². The van der Waals surface area contributed by atoms with Gasteiger partial charge in [0.1, 0.15) is 0 Å². The molecule has 0 saturated carbocycles. The van der Waals surface area contributed by atoms with Gasteiger partial charge in [0.25, 0.3) is 0 Å². The lowest BCUT2D eigenvalue weighted by molar-refractivity contribution is 0.0814. The second-order valence-electron chi connectivity index (χ2n) is 9.67. The molecule has 0 unspecified atom stereocenters. The number of rotatable bonds is 4. The Kier molecular flexibility index (Phi) is 6.24. The molecule has 0 N–H and O–H groups in total. The Morgan fingerprint density at radius 3 is 2.30 bits per heavy atom. The van der Waals surface area contributed by atoms with Crippen molar-refractivity contribution in [3.8, 4) is 0 Å². The maximum absolute atomic E-state index is 13.5. The molecule has 2 aliphatic heterocycles. The number of sulfonamides is 1. The maximum Gasteiger partial charge on any atom is 0.319 e. The molecule has 2 heterocycles. The fourth-order valence-corrected chi connectivity index (χ4v) is 6.92. The van der Waals surface area contributed by atoms with Gasteiger partial charge in [0.05, 0.1) is 4.90 Å². The molecule has 2 fully saturated rings. The van der Waals surface area contributed by atoms with E-state index in [-0.39, 0.29) is 17.4 Å². The molecule has 2 aliphatic rings. The molecule has 0 spiro atoms. The number of aryl methyl sites for hydroxylation is 3. The van der Waals surface area contributed by atoms with Crippen molar-refractivity contribution in [1.82, 2.24) is 19.0 Å². The zero-order valence-corrected chi connectivity index (χ0v) is 20.2. The number of fused-ring (bicyclic) bond motifs is 1. The lowest BCUT2D eigenvalue weighted by Crippen LogP contribution is -2.52. The first-order valence-corrected chi connectivity index (χ1v) is 12.0. The van der Waals surface area contributed by atoms with Gasteiger partial charge in [-0.2, -0.15) is 4.31 Å². The van der Waals surface area contributed by atoms with Gasteiger partial charge >= 0.3 is 6.03 Å². The Labute approximate surface area is 181 Å². The van der Waals surface area contributed by atoms with Crippen LogP contribution in [0.1, 0.15) is 23.1 Å². The average molecular weight is 437 g/mol. The SMILES string of the molecule is Cc1cc(C)c(S(=O)(=O)N2CC[C@]3(CN(C)C)CN(C(=O)N(C)C)C[C@@H]3C2)cc1C. The Morgan fingerprint density at radius 2 is 1.70 bits per heavy atom. The predicted molar refractivity (Wildman–Crippen MR) is 119 cm³/mol. The largest absolute Gasteiger partial charge is 0.331 e. The topological polar surface area (TPSA) is 64.2 Å².